The van der Waals surface area contributed by atoms with E-state index in [1.165, 1.54) is 0 Å². The molecule has 0 rings (SSSR count). The van der Waals surface area contributed by atoms with Gasteiger partial charge in [-0.2, -0.15) is 0 Å². The van der Waals surface area contributed by atoms with Crippen molar-refractivity contribution in [1.29, 1.82) is 0 Å². The van der Waals surface area contributed by atoms with Crippen LogP contribution in [0, 0.1) is 11.8 Å². The van der Waals surface area contributed by atoms with Crippen molar-refractivity contribution < 1.29 is 14.3 Å². The predicted molar refractivity (Wildman–Crippen MR) is 75.7 cm³/mol. The van der Waals surface area contributed by atoms with Crippen LogP contribution in [-0.4, -0.2) is 38.1 Å². The zero-order chi connectivity index (χ0) is 14.7. The summed E-state index contributed by atoms with van der Waals surface area (Å²) in [5, 5.41) is 5.61. The lowest BCUT2D eigenvalue weighted by molar-refractivity contribution is -0.124. The molecule has 0 aromatic rings. The Bertz CT molecular complexity index is 265. The van der Waals surface area contributed by atoms with E-state index < -0.39 is 0 Å². The Kier molecular flexibility index (Phi) is 10.2. The summed E-state index contributed by atoms with van der Waals surface area (Å²) in [7, 11) is 0. The molecule has 112 valence electrons. The van der Waals surface area contributed by atoms with E-state index in [1.54, 1.807) is 0 Å². The Morgan fingerprint density at radius 3 is 2.26 bits per heavy atom. The zero-order valence-corrected chi connectivity index (χ0v) is 12.6. The summed E-state index contributed by atoms with van der Waals surface area (Å²) in [6.07, 6.45) is 1.14. The standard InChI is InChI=1S/C14H28N2O3/c1-11(2)10-19-9-6-13(17)15-7-5-8-16-14(18)12(3)4/h11-12H,5-10H2,1-4H3,(H,15,17)(H,16,18). The molecule has 0 unspecified atom stereocenters. The molecule has 0 aromatic heterocycles. The second-order valence-electron chi connectivity index (χ2n) is 5.37. The van der Waals surface area contributed by atoms with Crippen LogP contribution >= 0.6 is 0 Å². The molecule has 0 saturated heterocycles. The van der Waals surface area contributed by atoms with Crippen molar-refractivity contribution >= 4 is 11.8 Å². The smallest absolute Gasteiger partial charge is 0.222 e. The van der Waals surface area contributed by atoms with Crippen molar-refractivity contribution in [2.45, 2.75) is 40.5 Å². The Morgan fingerprint density at radius 2 is 1.68 bits per heavy atom. The van der Waals surface area contributed by atoms with E-state index in [1.807, 2.05) is 13.8 Å². The van der Waals surface area contributed by atoms with Crippen molar-refractivity contribution in [3.8, 4) is 0 Å². The highest BCUT2D eigenvalue weighted by Crippen LogP contribution is 1.93. The molecule has 2 N–H and O–H groups in total. The van der Waals surface area contributed by atoms with E-state index in [4.69, 9.17) is 4.74 Å². The Labute approximate surface area is 116 Å². The van der Waals surface area contributed by atoms with Crippen molar-refractivity contribution in [1.82, 2.24) is 10.6 Å². The van der Waals surface area contributed by atoms with Crippen molar-refractivity contribution in [3.05, 3.63) is 0 Å². The first kappa shape index (κ1) is 17.9. The highest BCUT2D eigenvalue weighted by molar-refractivity contribution is 5.77. The van der Waals surface area contributed by atoms with E-state index in [2.05, 4.69) is 24.5 Å². The number of ether oxygens (including phenoxy) is 1. The van der Waals surface area contributed by atoms with Gasteiger partial charge in [-0.1, -0.05) is 27.7 Å². The van der Waals surface area contributed by atoms with Crippen LogP contribution in [0.5, 0.6) is 0 Å². The van der Waals surface area contributed by atoms with Crippen LogP contribution in [0.25, 0.3) is 0 Å². The number of nitrogens with one attached hydrogen (secondary N) is 2. The predicted octanol–water partition coefficient (Wildman–Crippen LogP) is 1.33. The Balaban J connectivity index is 3.36. The van der Waals surface area contributed by atoms with Crippen LogP contribution in [0.1, 0.15) is 40.5 Å². The summed E-state index contributed by atoms with van der Waals surface area (Å²) in [4.78, 5) is 22.7. The lowest BCUT2D eigenvalue weighted by Gasteiger charge is -2.09. The average molecular weight is 272 g/mol. The van der Waals surface area contributed by atoms with E-state index in [-0.39, 0.29) is 17.7 Å². The molecule has 0 spiro atoms. The van der Waals surface area contributed by atoms with Crippen LogP contribution < -0.4 is 10.6 Å². The van der Waals surface area contributed by atoms with E-state index in [0.29, 0.717) is 38.6 Å². The van der Waals surface area contributed by atoms with Gasteiger partial charge in [-0.25, -0.2) is 0 Å². The third-order valence-electron chi connectivity index (χ3n) is 2.42. The van der Waals surface area contributed by atoms with Crippen LogP contribution in [0.4, 0.5) is 0 Å². The van der Waals surface area contributed by atoms with Gasteiger partial charge in [-0.05, 0) is 12.3 Å². The molecule has 2 amide bonds. The molecule has 0 atom stereocenters. The summed E-state index contributed by atoms with van der Waals surface area (Å²) >= 11 is 0. The second-order valence-corrected chi connectivity index (χ2v) is 5.37. The van der Waals surface area contributed by atoms with Gasteiger partial charge in [0.15, 0.2) is 0 Å². The van der Waals surface area contributed by atoms with Gasteiger partial charge in [0.25, 0.3) is 0 Å². The summed E-state index contributed by atoms with van der Waals surface area (Å²) < 4.78 is 5.33. The third-order valence-corrected chi connectivity index (χ3v) is 2.42. The fourth-order valence-electron chi connectivity index (χ4n) is 1.30. The highest BCUT2D eigenvalue weighted by atomic mass is 16.5. The molecule has 0 fully saturated rings. The fourth-order valence-corrected chi connectivity index (χ4v) is 1.30. The van der Waals surface area contributed by atoms with Gasteiger partial charge in [0.1, 0.15) is 0 Å². The molecule has 0 aromatic carbocycles. The molecule has 0 aliphatic carbocycles. The molecule has 5 nitrogen and oxygen atoms in total. The molecule has 0 radical (unpaired) electrons. The number of carbonyl (C=O) groups is 2. The minimum Gasteiger partial charge on any atom is -0.381 e. The van der Waals surface area contributed by atoms with Gasteiger partial charge >= 0.3 is 0 Å². The lowest BCUT2D eigenvalue weighted by Crippen LogP contribution is -2.32. The number of amides is 2. The van der Waals surface area contributed by atoms with Gasteiger partial charge in [-0.3, -0.25) is 9.59 Å². The maximum Gasteiger partial charge on any atom is 0.222 e. The summed E-state index contributed by atoms with van der Waals surface area (Å²) in [6, 6.07) is 0. The van der Waals surface area contributed by atoms with Crippen LogP contribution in [-0.2, 0) is 14.3 Å². The number of hydrogen-bond donors (Lipinski definition) is 2. The SMILES string of the molecule is CC(C)COCCC(=O)NCCCNC(=O)C(C)C. The first-order valence-electron chi connectivity index (χ1n) is 7.05. The molecule has 0 heterocycles. The van der Waals surface area contributed by atoms with Crippen LogP contribution in [0.2, 0.25) is 0 Å². The molecule has 5 heteroatoms. The maximum absolute atomic E-state index is 11.4. The number of rotatable bonds is 10. The Hall–Kier alpha value is -1.10. The molecule has 0 aliphatic rings. The largest absolute Gasteiger partial charge is 0.381 e. The van der Waals surface area contributed by atoms with E-state index in [9.17, 15) is 9.59 Å². The van der Waals surface area contributed by atoms with Gasteiger partial charge in [0.2, 0.25) is 11.8 Å². The summed E-state index contributed by atoms with van der Waals surface area (Å²) in [6.45, 7) is 10.2. The second kappa shape index (κ2) is 10.8. The quantitative estimate of drug-likeness (QED) is 0.590. The maximum atomic E-state index is 11.4. The van der Waals surface area contributed by atoms with Gasteiger partial charge in [0, 0.05) is 32.0 Å². The van der Waals surface area contributed by atoms with E-state index in [0.717, 1.165) is 6.42 Å². The summed E-state index contributed by atoms with van der Waals surface area (Å²) in [5.41, 5.74) is 0. The average Bonchev–Trinajstić information content (AvgIpc) is 2.33. The highest BCUT2D eigenvalue weighted by Gasteiger charge is 2.05. The summed E-state index contributed by atoms with van der Waals surface area (Å²) in [5.74, 6) is 0.549. The van der Waals surface area contributed by atoms with Gasteiger partial charge < -0.3 is 15.4 Å². The molecule has 0 aliphatic heterocycles. The normalized spacial score (nSPS) is 10.8. The van der Waals surface area contributed by atoms with Gasteiger partial charge in [-0.15, -0.1) is 0 Å². The van der Waals surface area contributed by atoms with E-state index >= 15 is 0 Å². The molecule has 0 bridgehead atoms. The third kappa shape index (κ3) is 11.7. The van der Waals surface area contributed by atoms with Crippen molar-refractivity contribution in [2.75, 3.05) is 26.3 Å². The van der Waals surface area contributed by atoms with Crippen molar-refractivity contribution in [2.24, 2.45) is 11.8 Å². The number of carbonyl (C=O) groups excluding carboxylic acids is 2. The van der Waals surface area contributed by atoms with Crippen LogP contribution in [0.15, 0.2) is 0 Å². The minimum atomic E-state index is -0.000979. The van der Waals surface area contributed by atoms with Crippen LogP contribution in [0.3, 0.4) is 0 Å². The molecular weight excluding hydrogens is 244 g/mol. The first-order chi connectivity index (χ1) is 8.93. The topological polar surface area (TPSA) is 67.4 Å². The molecule has 19 heavy (non-hydrogen) atoms. The number of hydrogen-bond acceptors (Lipinski definition) is 3. The monoisotopic (exact) mass is 272 g/mol. The Morgan fingerprint density at radius 1 is 1.05 bits per heavy atom. The van der Waals surface area contributed by atoms with Gasteiger partial charge in [0.05, 0.1) is 6.61 Å². The minimum absolute atomic E-state index is 0.000979. The zero-order valence-electron chi connectivity index (χ0n) is 12.6. The molecular formula is C14H28N2O3. The van der Waals surface area contributed by atoms with Crippen molar-refractivity contribution in [3.63, 3.8) is 0 Å². The lowest BCUT2D eigenvalue weighted by atomic mass is 10.2. The first-order valence-corrected chi connectivity index (χ1v) is 7.05. The molecule has 0 saturated carbocycles. The fraction of sp³-hybridized carbons (Fsp3) is 0.857.